The molecule has 7 nitrogen and oxygen atoms in total. The van der Waals surface area contributed by atoms with Crippen molar-refractivity contribution >= 4 is 11.9 Å². The number of carbonyl (C=O) groups is 2. The van der Waals surface area contributed by atoms with E-state index in [-0.39, 0.29) is 31.0 Å². The lowest BCUT2D eigenvalue weighted by atomic mass is 9.75. The lowest BCUT2D eigenvalue weighted by Gasteiger charge is -2.37. The molecule has 1 aliphatic carbocycles. The third-order valence-electron chi connectivity index (χ3n) is 6.19. The summed E-state index contributed by atoms with van der Waals surface area (Å²) in [6.45, 7) is 14.6. The van der Waals surface area contributed by atoms with E-state index in [1.165, 1.54) is 0 Å². The number of esters is 2. The summed E-state index contributed by atoms with van der Waals surface area (Å²) in [5.74, 6) is -0.0771. The molecule has 0 heterocycles. The van der Waals surface area contributed by atoms with Crippen LogP contribution in [-0.2, 0) is 23.8 Å². The molecule has 0 aromatic carbocycles. The Hall–Kier alpha value is -2.38. The highest BCUT2D eigenvalue weighted by molar-refractivity contribution is 5.81. The van der Waals surface area contributed by atoms with E-state index in [0.29, 0.717) is 17.8 Å². The van der Waals surface area contributed by atoms with Crippen LogP contribution in [0.4, 0.5) is 0 Å². The first-order valence-corrected chi connectivity index (χ1v) is 12.7. The molecule has 198 valence electrons. The molecule has 1 rings (SSSR count). The van der Waals surface area contributed by atoms with Gasteiger partial charge in [0, 0.05) is 18.4 Å². The number of aliphatic hydroxyl groups excluding tert-OH is 2. The van der Waals surface area contributed by atoms with Gasteiger partial charge in [0.05, 0.1) is 0 Å². The van der Waals surface area contributed by atoms with Crippen molar-refractivity contribution in [3.05, 3.63) is 49.3 Å². The normalized spacial score (nSPS) is 22.2. The average molecular weight is 493 g/mol. The van der Waals surface area contributed by atoms with Crippen LogP contribution in [0.1, 0.15) is 71.6 Å². The number of hydrogen-bond acceptors (Lipinski definition) is 7. The molecule has 5 atom stereocenters. The van der Waals surface area contributed by atoms with E-state index in [0.717, 1.165) is 57.4 Å². The number of allylic oxidation sites excluding steroid dienone is 2. The standard InChI is InChI=1S/C28H44O7/c1-6-13-22-16-17-25(30)28(35-26(31)7-2)24(22)14-11-9-8-10-12-15-27(32)34-19-23(29)18-33-21(5)20(3)4/h7,16-17,22-25,28-30H,2-3,5-6,8-15,18-19H2,1,4H3. The molecule has 5 unspecified atom stereocenters. The second-order valence-corrected chi connectivity index (χ2v) is 9.26. The van der Waals surface area contributed by atoms with Gasteiger partial charge in [0.25, 0.3) is 0 Å². The van der Waals surface area contributed by atoms with Gasteiger partial charge in [-0.3, -0.25) is 4.79 Å². The molecule has 2 N–H and O–H groups in total. The topological polar surface area (TPSA) is 102 Å². The van der Waals surface area contributed by atoms with E-state index >= 15 is 0 Å². The van der Waals surface area contributed by atoms with E-state index in [1.54, 1.807) is 13.0 Å². The van der Waals surface area contributed by atoms with E-state index < -0.39 is 24.3 Å². The van der Waals surface area contributed by atoms with Gasteiger partial charge in [-0.05, 0) is 37.7 Å². The van der Waals surface area contributed by atoms with Gasteiger partial charge in [0.15, 0.2) is 0 Å². The van der Waals surface area contributed by atoms with E-state index in [2.05, 4.69) is 32.7 Å². The molecule has 0 amide bonds. The van der Waals surface area contributed by atoms with Crippen molar-refractivity contribution in [3.63, 3.8) is 0 Å². The summed E-state index contributed by atoms with van der Waals surface area (Å²) >= 11 is 0. The first kappa shape index (κ1) is 30.7. The van der Waals surface area contributed by atoms with E-state index in [4.69, 9.17) is 14.2 Å². The van der Waals surface area contributed by atoms with Gasteiger partial charge in [0.2, 0.25) is 0 Å². The van der Waals surface area contributed by atoms with Gasteiger partial charge in [-0.25, -0.2) is 4.79 Å². The summed E-state index contributed by atoms with van der Waals surface area (Å²) in [5.41, 5.74) is 0.680. The van der Waals surface area contributed by atoms with Gasteiger partial charge in [-0.15, -0.1) is 0 Å². The predicted octanol–water partition coefficient (Wildman–Crippen LogP) is 4.79. The molecule has 0 bridgehead atoms. The Kier molecular flexibility index (Phi) is 15.0. The SMILES string of the molecule is C=CC(=O)OC1C(O)C=CC(CCC)C1CCCCCCCC(=O)OCC(O)COC(=C)C(=C)C. The Morgan fingerprint density at radius 3 is 2.34 bits per heavy atom. The van der Waals surface area contributed by atoms with Crippen LogP contribution in [0.5, 0.6) is 0 Å². The fourth-order valence-electron chi connectivity index (χ4n) is 4.18. The van der Waals surface area contributed by atoms with Crippen molar-refractivity contribution < 1.29 is 34.0 Å². The highest BCUT2D eigenvalue weighted by Gasteiger charge is 2.37. The third kappa shape index (κ3) is 12.2. The monoisotopic (exact) mass is 492 g/mol. The number of rotatable bonds is 18. The minimum absolute atomic E-state index is 0.000450. The zero-order chi connectivity index (χ0) is 26.2. The predicted molar refractivity (Wildman–Crippen MR) is 136 cm³/mol. The van der Waals surface area contributed by atoms with Crippen molar-refractivity contribution in [2.75, 3.05) is 13.2 Å². The lowest BCUT2D eigenvalue weighted by Crippen LogP contribution is -2.42. The van der Waals surface area contributed by atoms with Crippen LogP contribution in [0.25, 0.3) is 0 Å². The first-order valence-electron chi connectivity index (χ1n) is 12.7. The Labute approximate surface area is 210 Å². The smallest absolute Gasteiger partial charge is 0.330 e. The van der Waals surface area contributed by atoms with Crippen LogP contribution in [-0.4, -0.2) is 53.7 Å². The van der Waals surface area contributed by atoms with E-state index in [9.17, 15) is 19.8 Å². The molecule has 35 heavy (non-hydrogen) atoms. The van der Waals surface area contributed by atoms with Gasteiger partial charge >= 0.3 is 11.9 Å². The zero-order valence-corrected chi connectivity index (χ0v) is 21.5. The molecule has 0 fully saturated rings. The summed E-state index contributed by atoms with van der Waals surface area (Å²) in [6, 6.07) is 0. The molecular weight excluding hydrogens is 448 g/mol. The number of unbranched alkanes of at least 4 members (excludes halogenated alkanes) is 4. The average Bonchev–Trinajstić information content (AvgIpc) is 2.83. The van der Waals surface area contributed by atoms with Crippen molar-refractivity contribution in [1.29, 1.82) is 0 Å². The molecule has 0 aromatic rings. The molecule has 0 saturated heterocycles. The number of aliphatic hydroxyl groups is 2. The largest absolute Gasteiger partial charge is 0.491 e. The maximum absolute atomic E-state index is 11.9. The first-order chi connectivity index (χ1) is 16.7. The Balaban J connectivity index is 2.27. The van der Waals surface area contributed by atoms with Crippen LogP contribution in [0.2, 0.25) is 0 Å². The maximum atomic E-state index is 11.9. The fraction of sp³-hybridized carbons (Fsp3) is 0.643. The minimum Gasteiger partial charge on any atom is -0.491 e. The molecule has 0 aliphatic heterocycles. The second-order valence-electron chi connectivity index (χ2n) is 9.26. The fourth-order valence-corrected chi connectivity index (χ4v) is 4.18. The van der Waals surface area contributed by atoms with Gasteiger partial charge in [-0.2, -0.15) is 0 Å². The highest BCUT2D eigenvalue weighted by Crippen LogP contribution is 2.35. The van der Waals surface area contributed by atoms with Crippen molar-refractivity contribution in [2.45, 2.75) is 89.9 Å². The Morgan fingerprint density at radius 2 is 1.69 bits per heavy atom. The molecule has 0 spiro atoms. The molecule has 1 aliphatic rings. The summed E-state index contributed by atoms with van der Waals surface area (Å²) in [6.07, 6.45) is 10.4. The van der Waals surface area contributed by atoms with Crippen LogP contribution < -0.4 is 0 Å². The summed E-state index contributed by atoms with van der Waals surface area (Å²) in [7, 11) is 0. The summed E-state index contributed by atoms with van der Waals surface area (Å²) < 4.78 is 15.9. The van der Waals surface area contributed by atoms with Gasteiger partial charge in [-0.1, -0.05) is 70.9 Å². The lowest BCUT2D eigenvalue weighted by molar-refractivity contribution is -0.154. The van der Waals surface area contributed by atoms with E-state index in [1.807, 2.05) is 0 Å². The Morgan fingerprint density at radius 1 is 1.03 bits per heavy atom. The third-order valence-corrected chi connectivity index (χ3v) is 6.19. The number of hydrogen-bond donors (Lipinski definition) is 2. The zero-order valence-electron chi connectivity index (χ0n) is 21.5. The quantitative estimate of drug-likeness (QED) is 0.0708. The summed E-state index contributed by atoms with van der Waals surface area (Å²) in [4.78, 5) is 23.6. The number of carbonyl (C=O) groups excluding carboxylic acids is 2. The second kappa shape index (κ2) is 17.1. The van der Waals surface area contributed by atoms with Crippen LogP contribution in [0.3, 0.4) is 0 Å². The van der Waals surface area contributed by atoms with Crippen LogP contribution >= 0.6 is 0 Å². The molecular formula is C28H44O7. The molecule has 0 saturated carbocycles. The van der Waals surface area contributed by atoms with Crippen molar-refractivity contribution in [2.24, 2.45) is 11.8 Å². The van der Waals surface area contributed by atoms with Crippen LogP contribution in [0, 0.1) is 11.8 Å². The van der Waals surface area contributed by atoms with Crippen LogP contribution in [0.15, 0.2) is 49.3 Å². The van der Waals surface area contributed by atoms with Gasteiger partial charge in [0.1, 0.15) is 37.3 Å². The van der Waals surface area contributed by atoms with Crippen molar-refractivity contribution in [3.8, 4) is 0 Å². The molecule has 0 radical (unpaired) electrons. The highest BCUT2D eigenvalue weighted by atomic mass is 16.6. The van der Waals surface area contributed by atoms with Gasteiger partial charge < -0.3 is 24.4 Å². The summed E-state index contributed by atoms with van der Waals surface area (Å²) in [5, 5.41) is 20.2. The molecule has 0 aromatic heterocycles. The minimum atomic E-state index is -0.908. The maximum Gasteiger partial charge on any atom is 0.330 e. The van der Waals surface area contributed by atoms with Crippen molar-refractivity contribution in [1.82, 2.24) is 0 Å². The number of ether oxygens (including phenoxy) is 3. The Bertz CT molecular complexity index is 727. The molecule has 7 heteroatoms.